The fourth-order valence-electron chi connectivity index (χ4n) is 2.76. The highest BCUT2D eigenvalue weighted by Gasteiger charge is 2.14. The van der Waals surface area contributed by atoms with E-state index in [4.69, 9.17) is 4.98 Å². The van der Waals surface area contributed by atoms with Crippen LogP contribution in [0.5, 0.6) is 0 Å². The summed E-state index contributed by atoms with van der Waals surface area (Å²) in [6, 6.07) is 10.5. The lowest BCUT2D eigenvalue weighted by atomic mass is 10.1. The summed E-state index contributed by atoms with van der Waals surface area (Å²) in [5.41, 5.74) is 2.34. The van der Waals surface area contributed by atoms with E-state index >= 15 is 0 Å². The largest absolute Gasteiger partial charge is 0.357 e. The van der Waals surface area contributed by atoms with Gasteiger partial charge < -0.3 is 9.47 Å². The number of nitrogens with zero attached hydrogens (tertiary/aromatic N) is 3. The third kappa shape index (κ3) is 1.77. The molecule has 0 saturated heterocycles. The number of benzene rings is 1. The summed E-state index contributed by atoms with van der Waals surface area (Å²) in [6.45, 7) is 6.31. The summed E-state index contributed by atoms with van der Waals surface area (Å²) in [4.78, 5) is 7.19. The molecular formula is C16H19N3. The van der Waals surface area contributed by atoms with Gasteiger partial charge in [-0.2, -0.15) is 0 Å². The molecule has 3 aromatic rings. The molecule has 98 valence electrons. The first-order chi connectivity index (χ1) is 9.26. The van der Waals surface area contributed by atoms with E-state index in [1.54, 1.807) is 0 Å². The first-order valence-corrected chi connectivity index (χ1v) is 6.85. The van der Waals surface area contributed by atoms with Gasteiger partial charge in [0.15, 0.2) is 0 Å². The molecule has 0 aliphatic heterocycles. The lowest BCUT2D eigenvalue weighted by Gasteiger charge is -2.21. The van der Waals surface area contributed by atoms with Crippen molar-refractivity contribution in [2.24, 2.45) is 7.05 Å². The van der Waals surface area contributed by atoms with Gasteiger partial charge >= 0.3 is 0 Å². The molecule has 3 rings (SSSR count). The van der Waals surface area contributed by atoms with Crippen molar-refractivity contribution in [3.63, 3.8) is 0 Å². The minimum absolute atomic E-state index is 0.978. The Labute approximate surface area is 113 Å². The molecular weight excluding hydrogens is 234 g/mol. The highest BCUT2D eigenvalue weighted by Crippen LogP contribution is 2.31. The van der Waals surface area contributed by atoms with Crippen molar-refractivity contribution >= 4 is 27.6 Å². The van der Waals surface area contributed by atoms with Crippen LogP contribution in [-0.2, 0) is 7.05 Å². The Balaban J connectivity index is 2.43. The molecule has 0 atom stereocenters. The van der Waals surface area contributed by atoms with Crippen molar-refractivity contribution in [1.29, 1.82) is 0 Å². The van der Waals surface area contributed by atoms with Gasteiger partial charge in [0, 0.05) is 37.1 Å². The van der Waals surface area contributed by atoms with Crippen LogP contribution in [0.15, 0.2) is 36.5 Å². The van der Waals surface area contributed by atoms with Crippen molar-refractivity contribution in [3.8, 4) is 0 Å². The predicted molar refractivity (Wildman–Crippen MR) is 81.8 cm³/mol. The fourth-order valence-corrected chi connectivity index (χ4v) is 2.76. The standard InChI is InChI=1S/C16H19N3/c1-4-19(5-2)16-13-10-11-18(3)15(13)12-8-6-7-9-14(12)17-16/h6-11H,4-5H2,1-3H3. The van der Waals surface area contributed by atoms with Crippen LogP contribution in [0.3, 0.4) is 0 Å². The molecule has 0 radical (unpaired) electrons. The number of para-hydroxylation sites is 1. The van der Waals surface area contributed by atoms with Gasteiger partial charge in [-0.05, 0) is 26.0 Å². The second kappa shape index (κ2) is 4.57. The van der Waals surface area contributed by atoms with E-state index in [-0.39, 0.29) is 0 Å². The molecule has 0 fully saturated rings. The molecule has 3 heteroatoms. The van der Waals surface area contributed by atoms with E-state index in [2.05, 4.69) is 66.9 Å². The van der Waals surface area contributed by atoms with Crippen molar-refractivity contribution in [3.05, 3.63) is 36.5 Å². The van der Waals surface area contributed by atoms with Gasteiger partial charge in [-0.25, -0.2) is 4.98 Å². The van der Waals surface area contributed by atoms with Gasteiger partial charge in [-0.3, -0.25) is 0 Å². The van der Waals surface area contributed by atoms with Gasteiger partial charge in [0.25, 0.3) is 0 Å². The van der Waals surface area contributed by atoms with Crippen molar-refractivity contribution in [2.75, 3.05) is 18.0 Å². The molecule has 0 amide bonds. The molecule has 0 aliphatic rings. The quantitative estimate of drug-likeness (QED) is 0.711. The van der Waals surface area contributed by atoms with Crippen LogP contribution in [0.4, 0.5) is 5.82 Å². The Morgan fingerprint density at radius 2 is 1.79 bits per heavy atom. The predicted octanol–water partition coefficient (Wildman–Crippen LogP) is 3.57. The smallest absolute Gasteiger partial charge is 0.138 e. The highest BCUT2D eigenvalue weighted by molar-refractivity contribution is 6.08. The van der Waals surface area contributed by atoms with Gasteiger partial charge in [0.05, 0.1) is 11.0 Å². The molecule has 0 saturated carbocycles. The number of anilines is 1. The Morgan fingerprint density at radius 1 is 1.05 bits per heavy atom. The number of aromatic nitrogens is 2. The van der Waals surface area contributed by atoms with Gasteiger partial charge in [0.2, 0.25) is 0 Å². The maximum atomic E-state index is 4.87. The lowest BCUT2D eigenvalue weighted by Crippen LogP contribution is -2.23. The van der Waals surface area contributed by atoms with E-state index in [0.717, 1.165) is 24.4 Å². The van der Waals surface area contributed by atoms with E-state index < -0.39 is 0 Å². The second-order valence-electron chi connectivity index (χ2n) is 4.81. The Bertz CT molecular complexity index is 723. The molecule has 2 heterocycles. The summed E-state index contributed by atoms with van der Waals surface area (Å²) < 4.78 is 2.19. The maximum Gasteiger partial charge on any atom is 0.138 e. The van der Waals surface area contributed by atoms with Crippen LogP contribution in [0, 0.1) is 0 Å². The van der Waals surface area contributed by atoms with Crippen molar-refractivity contribution < 1.29 is 0 Å². The molecule has 0 N–H and O–H groups in total. The minimum atomic E-state index is 0.978. The number of hydrogen-bond acceptors (Lipinski definition) is 2. The second-order valence-corrected chi connectivity index (χ2v) is 4.81. The zero-order valence-electron chi connectivity index (χ0n) is 11.7. The van der Waals surface area contributed by atoms with E-state index in [0.29, 0.717) is 0 Å². The zero-order chi connectivity index (χ0) is 13.4. The van der Waals surface area contributed by atoms with Crippen LogP contribution in [0.1, 0.15) is 13.8 Å². The topological polar surface area (TPSA) is 21.1 Å². The molecule has 1 aromatic carbocycles. The SMILES string of the molecule is CCN(CC)c1nc2ccccc2c2c1ccn2C. The Kier molecular flexibility index (Phi) is 2.90. The van der Waals surface area contributed by atoms with Crippen LogP contribution >= 0.6 is 0 Å². The molecule has 2 aromatic heterocycles. The first kappa shape index (κ1) is 12.0. The van der Waals surface area contributed by atoms with Gasteiger partial charge in [0.1, 0.15) is 5.82 Å². The molecule has 3 nitrogen and oxygen atoms in total. The summed E-state index contributed by atoms with van der Waals surface area (Å²) in [5.74, 6) is 1.10. The maximum absolute atomic E-state index is 4.87. The molecule has 0 bridgehead atoms. The van der Waals surface area contributed by atoms with Crippen LogP contribution in [0.25, 0.3) is 21.8 Å². The highest BCUT2D eigenvalue weighted by atomic mass is 15.2. The van der Waals surface area contributed by atoms with Crippen molar-refractivity contribution in [1.82, 2.24) is 9.55 Å². The molecule has 0 aliphatic carbocycles. The van der Waals surface area contributed by atoms with Gasteiger partial charge in [-0.1, -0.05) is 18.2 Å². The number of hydrogen-bond donors (Lipinski definition) is 0. The number of rotatable bonds is 3. The van der Waals surface area contributed by atoms with E-state index in [1.165, 1.54) is 16.3 Å². The molecule has 19 heavy (non-hydrogen) atoms. The number of fused-ring (bicyclic) bond motifs is 3. The average molecular weight is 253 g/mol. The fraction of sp³-hybridized carbons (Fsp3) is 0.312. The average Bonchev–Trinajstić information content (AvgIpc) is 2.83. The molecule has 0 unspecified atom stereocenters. The monoisotopic (exact) mass is 253 g/mol. The summed E-state index contributed by atoms with van der Waals surface area (Å²) in [7, 11) is 2.10. The van der Waals surface area contributed by atoms with E-state index in [1.807, 2.05) is 0 Å². The first-order valence-electron chi connectivity index (χ1n) is 6.85. The molecule has 0 spiro atoms. The lowest BCUT2D eigenvalue weighted by molar-refractivity contribution is 0.854. The minimum Gasteiger partial charge on any atom is -0.357 e. The van der Waals surface area contributed by atoms with Crippen LogP contribution < -0.4 is 4.90 Å². The van der Waals surface area contributed by atoms with Gasteiger partial charge in [-0.15, -0.1) is 0 Å². The Hall–Kier alpha value is -2.03. The van der Waals surface area contributed by atoms with E-state index in [9.17, 15) is 0 Å². The van der Waals surface area contributed by atoms with Crippen molar-refractivity contribution in [2.45, 2.75) is 13.8 Å². The third-order valence-electron chi connectivity index (χ3n) is 3.76. The number of pyridine rings is 1. The van der Waals surface area contributed by atoms with Crippen LogP contribution in [0.2, 0.25) is 0 Å². The number of aryl methyl sites for hydroxylation is 1. The zero-order valence-corrected chi connectivity index (χ0v) is 11.7. The summed E-state index contributed by atoms with van der Waals surface area (Å²) >= 11 is 0. The Morgan fingerprint density at radius 3 is 2.53 bits per heavy atom. The third-order valence-corrected chi connectivity index (χ3v) is 3.76. The van der Waals surface area contributed by atoms with Crippen LogP contribution in [-0.4, -0.2) is 22.6 Å². The summed E-state index contributed by atoms with van der Waals surface area (Å²) in [6.07, 6.45) is 2.12. The summed E-state index contributed by atoms with van der Waals surface area (Å²) in [5, 5.41) is 2.46. The normalized spacial score (nSPS) is 11.3.